The molecule has 0 bridgehead atoms. The quantitative estimate of drug-likeness (QED) is 0.415. The zero-order chi connectivity index (χ0) is 25.1. The van der Waals surface area contributed by atoms with Crippen molar-refractivity contribution in [3.63, 3.8) is 0 Å². The lowest BCUT2D eigenvalue weighted by Crippen LogP contribution is -2.46. The summed E-state index contributed by atoms with van der Waals surface area (Å²) in [5.41, 5.74) is 5.84. The summed E-state index contributed by atoms with van der Waals surface area (Å²) in [5, 5.41) is 7.44. The van der Waals surface area contributed by atoms with E-state index < -0.39 is 0 Å². The van der Waals surface area contributed by atoms with Gasteiger partial charge in [-0.3, -0.25) is 4.90 Å². The summed E-state index contributed by atoms with van der Waals surface area (Å²) in [5.74, 6) is 2.17. The van der Waals surface area contributed by atoms with Crippen molar-refractivity contribution in [2.24, 2.45) is 5.92 Å². The Bertz CT molecular complexity index is 1230. The van der Waals surface area contributed by atoms with Crippen molar-refractivity contribution in [2.75, 3.05) is 13.2 Å². The number of carbonyl (C=O) groups is 1. The number of aromatic nitrogens is 2. The number of nitrogens with zero attached hydrogens (tertiary/aromatic N) is 3. The highest BCUT2D eigenvalue weighted by atomic mass is 16.5. The molecule has 7 heteroatoms. The lowest BCUT2D eigenvalue weighted by molar-refractivity contribution is 0.202. The van der Waals surface area contributed by atoms with E-state index in [2.05, 4.69) is 50.3 Å². The zero-order valence-electron chi connectivity index (χ0n) is 21.4. The van der Waals surface area contributed by atoms with Crippen molar-refractivity contribution in [1.29, 1.82) is 0 Å². The van der Waals surface area contributed by atoms with Gasteiger partial charge in [0.15, 0.2) is 0 Å². The first-order valence-electron chi connectivity index (χ1n) is 12.2. The molecule has 1 N–H and O–H groups in total. The number of amides is 2. The summed E-state index contributed by atoms with van der Waals surface area (Å²) in [6.07, 6.45) is 0.896. The number of nitrogens with one attached hydrogen (secondary N) is 1. The Morgan fingerprint density at radius 2 is 1.83 bits per heavy atom. The van der Waals surface area contributed by atoms with Crippen LogP contribution in [0.25, 0.3) is 17.0 Å². The van der Waals surface area contributed by atoms with Crippen LogP contribution in [0.5, 0.6) is 5.75 Å². The molecule has 2 aromatic carbocycles. The van der Waals surface area contributed by atoms with Crippen molar-refractivity contribution in [2.45, 2.75) is 54.0 Å². The van der Waals surface area contributed by atoms with Crippen LogP contribution in [0, 0.1) is 19.8 Å². The van der Waals surface area contributed by atoms with Crippen molar-refractivity contribution in [1.82, 2.24) is 20.4 Å². The Kier molecular flexibility index (Phi) is 7.24. The van der Waals surface area contributed by atoms with E-state index in [0.29, 0.717) is 30.8 Å². The van der Waals surface area contributed by atoms with E-state index in [-0.39, 0.29) is 12.1 Å². The number of allylic oxidation sites excluding steroid dienone is 1. The van der Waals surface area contributed by atoms with Gasteiger partial charge in [-0.15, -0.1) is 0 Å². The van der Waals surface area contributed by atoms with Gasteiger partial charge in [0.05, 0.1) is 18.2 Å². The molecule has 7 nitrogen and oxygen atoms in total. The smallest absolute Gasteiger partial charge is 0.322 e. The highest BCUT2D eigenvalue weighted by molar-refractivity contribution is 5.87. The van der Waals surface area contributed by atoms with Crippen LogP contribution in [0.15, 0.2) is 52.7 Å². The lowest BCUT2D eigenvalue weighted by Gasteiger charge is -2.35. The molecule has 0 saturated carbocycles. The number of rotatable bonds is 8. The number of aryl methyl sites for hydroxylation is 2. The summed E-state index contributed by atoms with van der Waals surface area (Å²) >= 11 is 0. The summed E-state index contributed by atoms with van der Waals surface area (Å²) in [4.78, 5) is 19.7. The maximum atomic E-state index is 13.1. The predicted molar refractivity (Wildman–Crippen MR) is 137 cm³/mol. The molecule has 1 atom stereocenters. The number of hydrogen-bond donors (Lipinski definition) is 1. The molecular weight excluding hydrogens is 440 g/mol. The number of ether oxygens (including phenoxy) is 1. The predicted octanol–water partition coefficient (Wildman–Crippen LogP) is 6.30. The average Bonchev–Trinajstić information content (AvgIpc) is 3.30. The fraction of sp³-hybridized carbons (Fsp3) is 0.393. The van der Waals surface area contributed by atoms with Crippen LogP contribution in [-0.4, -0.2) is 34.2 Å². The fourth-order valence-corrected chi connectivity index (χ4v) is 4.23. The summed E-state index contributed by atoms with van der Waals surface area (Å²) < 4.78 is 11.3. The average molecular weight is 475 g/mol. The Morgan fingerprint density at radius 3 is 2.49 bits per heavy atom. The summed E-state index contributed by atoms with van der Waals surface area (Å²) in [7, 11) is 0. The lowest BCUT2D eigenvalue weighted by atomic mass is 9.92. The van der Waals surface area contributed by atoms with Gasteiger partial charge in [-0.2, -0.15) is 4.98 Å². The highest BCUT2D eigenvalue weighted by Crippen LogP contribution is 2.38. The first-order chi connectivity index (χ1) is 16.8. The maximum absolute atomic E-state index is 13.1. The number of carbonyl (C=O) groups excluding carboxylic acids is 1. The third-order valence-electron chi connectivity index (χ3n) is 6.47. The minimum absolute atomic E-state index is 0.110. The number of benzene rings is 2. The van der Waals surface area contributed by atoms with Gasteiger partial charge in [-0.1, -0.05) is 37.2 Å². The minimum Gasteiger partial charge on any atom is -0.494 e. The molecule has 4 rings (SSSR count). The van der Waals surface area contributed by atoms with Crippen LogP contribution in [0.2, 0.25) is 0 Å². The van der Waals surface area contributed by atoms with E-state index in [1.54, 1.807) is 4.90 Å². The van der Waals surface area contributed by atoms with Crippen molar-refractivity contribution in [3.05, 3.63) is 70.7 Å². The van der Waals surface area contributed by atoms with Gasteiger partial charge in [0, 0.05) is 17.8 Å². The molecule has 0 fully saturated rings. The Labute approximate surface area is 207 Å². The molecule has 0 saturated heterocycles. The van der Waals surface area contributed by atoms with E-state index in [1.165, 1.54) is 5.56 Å². The number of hydrogen-bond acceptors (Lipinski definition) is 5. The Morgan fingerprint density at radius 1 is 1.09 bits per heavy atom. The van der Waals surface area contributed by atoms with Crippen LogP contribution in [0.3, 0.4) is 0 Å². The van der Waals surface area contributed by atoms with Crippen molar-refractivity contribution < 1.29 is 14.1 Å². The molecule has 35 heavy (non-hydrogen) atoms. The molecule has 0 aliphatic carbocycles. The number of urea groups is 1. The topological polar surface area (TPSA) is 80.5 Å². The first kappa shape index (κ1) is 24.5. The monoisotopic (exact) mass is 474 g/mol. The molecule has 1 aliphatic heterocycles. The molecule has 0 spiro atoms. The molecule has 2 amide bonds. The van der Waals surface area contributed by atoms with E-state index in [0.717, 1.165) is 40.1 Å². The fourth-order valence-electron chi connectivity index (χ4n) is 4.23. The Balaban J connectivity index is 1.76. The van der Waals surface area contributed by atoms with E-state index >= 15 is 0 Å². The third-order valence-corrected chi connectivity index (χ3v) is 6.47. The van der Waals surface area contributed by atoms with Gasteiger partial charge < -0.3 is 14.6 Å². The molecule has 3 aromatic rings. The van der Waals surface area contributed by atoms with Gasteiger partial charge >= 0.3 is 6.03 Å². The van der Waals surface area contributed by atoms with E-state index in [1.807, 2.05) is 44.2 Å². The van der Waals surface area contributed by atoms with E-state index in [9.17, 15) is 4.79 Å². The van der Waals surface area contributed by atoms with Gasteiger partial charge in [-0.05, 0) is 81.0 Å². The van der Waals surface area contributed by atoms with Gasteiger partial charge in [0.25, 0.3) is 5.89 Å². The van der Waals surface area contributed by atoms with Gasteiger partial charge in [-0.25, -0.2) is 4.79 Å². The van der Waals surface area contributed by atoms with Crippen LogP contribution >= 0.6 is 0 Å². The molecule has 0 radical (unpaired) electrons. The Hall–Kier alpha value is -3.61. The highest BCUT2D eigenvalue weighted by Gasteiger charge is 2.35. The molecule has 1 unspecified atom stereocenters. The summed E-state index contributed by atoms with van der Waals surface area (Å²) in [6, 6.07) is 13.4. The second-order valence-corrected chi connectivity index (χ2v) is 9.44. The normalized spacial score (nSPS) is 16.1. The van der Waals surface area contributed by atoms with Crippen LogP contribution in [0.1, 0.15) is 62.7 Å². The third kappa shape index (κ3) is 5.24. The standard InChI is InChI=1S/C28H34N4O3/c1-7-34-23-12-10-21(11-13-23)26-30-27(35-31-26)24-20(6)32(15-14-17(2)3)28(33)29-25(24)22-9-8-18(4)19(5)16-22/h8-13,16-17,25H,7,14-15H2,1-6H3,(H,29,33). The van der Waals surface area contributed by atoms with Crippen LogP contribution in [-0.2, 0) is 0 Å². The molecular formula is C28H34N4O3. The van der Waals surface area contributed by atoms with Crippen LogP contribution < -0.4 is 10.1 Å². The summed E-state index contributed by atoms with van der Waals surface area (Å²) in [6.45, 7) is 13.6. The second kappa shape index (κ2) is 10.3. The van der Waals surface area contributed by atoms with Crippen molar-refractivity contribution in [3.8, 4) is 17.1 Å². The molecule has 1 aliphatic rings. The molecule has 2 heterocycles. The van der Waals surface area contributed by atoms with Gasteiger partial charge in [0.1, 0.15) is 5.75 Å². The first-order valence-corrected chi connectivity index (χ1v) is 12.2. The SMILES string of the molecule is CCOc1ccc(-c2noc(C3=C(C)N(CCC(C)C)C(=O)NC3c3ccc(C)c(C)c3)n2)cc1. The van der Waals surface area contributed by atoms with Gasteiger partial charge in [0.2, 0.25) is 5.82 Å². The van der Waals surface area contributed by atoms with Crippen LogP contribution in [0.4, 0.5) is 4.79 Å². The largest absolute Gasteiger partial charge is 0.494 e. The second-order valence-electron chi connectivity index (χ2n) is 9.44. The zero-order valence-corrected chi connectivity index (χ0v) is 21.4. The van der Waals surface area contributed by atoms with Crippen molar-refractivity contribution >= 4 is 11.6 Å². The molecule has 184 valence electrons. The minimum atomic E-state index is -0.384. The maximum Gasteiger partial charge on any atom is 0.322 e. The van der Waals surface area contributed by atoms with E-state index in [4.69, 9.17) is 14.2 Å². The molecule has 1 aromatic heterocycles.